The number of aliphatic carboxylic acids is 1. The predicted molar refractivity (Wildman–Crippen MR) is 35.4 cm³/mol. The minimum atomic E-state index is -0.875. The molecular weight excluding hydrogens is 146 g/mol. The largest absolute Gasteiger partial charge is 0.477 e. The van der Waals surface area contributed by atoms with Gasteiger partial charge in [-0.05, 0) is 0 Å². The zero-order valence-electron chi connectivity index (χ0n) is 6.00. The van der Waals surface area contributed by atoms with Gasteiger partial charge in [-0.25, -0.2) is 9.78 Å². The number of nitrogens with one attached hydrogen (secondary N) is 2. The number of carboxylic acids is 1. The van der Waals surface area contributed by atoms with Crippen molar-refractivity contribution in [3.05, 3.63) is 18.2 Å². The summed E-state index contributed by atoms with van der Waals surface area (Å²) in [4.78, 5) is 16.0. The minimum Gasteiger partial charge on any atom is -0.477 e. The molecule has 0 aromatic carbocycles. The summed E-state index contributed by atoms with van der Waals surface area (Å²) in [6.45, 7) is 0. The minimum absolute atomic E-state index is 0.429. The van der Waals surface area contributed by atoms with Crippen LogP contribution >= 0.6 is 0 Å². The molecule has 1 heterocycles. The molecule has 6 N–H and O–H groups in total. The molecule has 60 valence electrons. The lowest BCUT2D eigenvalue weighted by molar-refractivity contribution is -0.407. The van der Waals surface area contributed by atoms with E-state index in [1.54, 1.807) is 12.5 Å². The highest BCUT2D eigenvalue weighted by Gasteiger charge is 2.18. The molecule has 1 unspecified atom stereocenters. The Morgan fingerprint density at radius 3 is 3.09 bits per heavy atom. The van der Waals surface area contributed by atoms with Crippen molar-refractivity contribution in [3.8, 4) is 0 Å². The van der Waals surface area contributed by atoms with E-state index in [2.05, 4.69) is 15.7 Å². The molecule has 11 heavy (non-hydrogen) atoms. The first kappa shape index (κ1) is 7.74. The molecule has 1 aromatic heterocycles. The summed E-state index contributed by atoms with van der Waals surface area (Å²) >= 11 is 0. The van der Waals surface area contributed by atoms with Crippen LogP contribution in [-0.2, 0) is 11.2 Å². The van der Waals surface area contributed by atoms with Crippen molar-refractivity contribution in [2.24, 2.45) is 0 Å². The Bertz CT molecular complexity index is 232. The number of quaternary nitrogens is 1. The number of H-pyrrole nitrogens is 2. The first-order chi connectivity index (χ1) is 5.20. The molecule has 0 saturated heterocycles. The summed E-state index contributed by atoms with van der Waals surface area (Å²) in [5.41, 5.74) is 4.33. The Morgan fingerprint density at radius 2 is 2.64 bits per heavy atom. The average Bonchev–Trinajstić information content (AvgIpc) is 2.39. The van der Waals surface area contributed by atoms with Crippen LogP contribution in [0.5, 0.6) is 0 Å². The Morgan fingerprint density at radius 1 is 1.91 bits per heavy atom. The number of carboxylic acid groups (broad SMARTS) is 1. The van der Waals surface area contributed by atoms with Crippen LogP contribution in [0.15, 0.2) is 12.5 Å². The Hall–Kier alpha value is -1.36. The lowest BCUT2D eigenvalue weighted by Crippen LogP contribution is -2.66. The van der Waals surface area contributed by atoms with Crippen LogP contribution in [0.3, 0.4) is 0 Å². The van der Waals surface area contributed by atoms with Gasteiger partial charge >= 0.3 is 5.97 Å². The van der Waals surface area contributed by atoms with Crippen LogP contribution < -0.4 is 10.7 Å². The molecule has 0 saturated carbocycles. The molecule has 0 aliphatic carbocycles. The fraction of sp³-hybridized carbons (Fsp3) is 0.333. The molecule has 0 aliphatic rings. The van der Waals surface area contributed by atoms with Gasteiger partial charge < -0.3 is 10.8 Å². The van der Waals surface area contributed by atoms with Crippen LogP contribution in [0.1, 0.15) is 5.69 Å². The van der Waals surface area contributed by atoms with Crippen molar-refractivity contribution in [2.45, 2.75) is 12.5 Å². The second-order valence-electron chi connectivity index (χ2n) is 2.36. The van der Waals surface area contributed by atoms with Gasteiger partial charge in [0.1, 0.15) is 11.9 Å². The summed E-state index contributed by atoms with van der Waals surface area (Å²) in [6.07, 6.45) is 3.80. The summed E-state index contributed by atoms with van der Waals surface area (Å²) in [5, 5.41) is 8.49. The number of carbonyl (C=O) groups is 1. The van der Waals surface area contributed by atoms with E-state index >= 15 is 0 Å². The zero-order valence-corrected chi connectivity index (χ0v) is 6.00. The third-order valence-corrected chi connectivity index (χ3v) is 1.41. The zero-order chi connectivity index (χ0) is 8.27. The Kier molecular flexibility index (Phi) is 2.22. The standard InChI is InChI=1S/C6H9N3O2/c7-5(6(10)11)1-4-2-8-3-9-4/h2-3,5H,1,7H2,(H,8,9)(H,10,11)/p+2. The van der Waals surface area contributed by atoms with Crippen LogP contribution in [0.4, 0.5) is 0 Å². The van der Waals surface area contributed by atoms with Crippen molar-refractivity contribution >= 4 is 5.97 Å². The smallest absolute Gasteiger partial charge is 0.362 e. The molecule has 0 aliphatic heterocycles. The van der Waals surface area contributed by atoms with Gasteiger partial charge in [0, 0.05) is 0 Å². The summed E-state index contributed by atoms with van der Waals surface area (Å²) in [5.74, 6) is -0.875. The van der Waals surface area contributed by atoms with Gasteiger partial charge in [-0.15, -0.1) is 0 Å². The molecule has 0 bridgehead atoms. The van der Waals surface area contributed by atoms with E-state index in [9.17, 15) is 4.79 Å². The number of aromatic amines is 2. The second kappa shape index (κ2) is 3.16. The number of hydrogen-bond acceptors (Lipinski definition) is 1. The molecule has 0 amide bonds. The van der Waals surface area contributed by atoms with E-state index in [1.807, 2.05) is 0 Å². The highest BCUT2D eigenvalue weighted by Crippen LogP contribution is 1.91. The predicted octanol–water partition coefficient (Wildman–Crippen LogP) is -1.93. The van der Waals surface area contributed by atoms with Gasteiger partial charge in [0.05, 0.1) is 6.42 Å². The van der Waals surface area contributed by atoms with Gasteiger partial charge in [0.2, 0.25) is 6.33 Å². The monoisotopic (exact) mass is 157 g/mol. The normalized spacial score (nSPS) is 12.8. The maximum absolute atomic E-state index is 10.3. The highest BCUT2D eigenvalue weighted by molar-refractivity contribution is 5.71. The molecule has 5 heteroatoms. The molecule has 0 radical (unpaired) electrons. The fourth-order valence-corrected chi connectivity index (χ4v) is 0.789. The first-order valence-electron chi connectivity index (χ1n) is 3.29. The molecule has 1 aromatic rings. The fourth-order valence-electron chi connectivity index (χ4n) is 0.789. The Labute approximate surface area is 63.3 Å². The number of rotatable bonds is 3. The van der Waals surface area contributed by atoms with E-state index in [1.165, 1.54) is 0 Å². The van der Waals surface area contributed by atoms with E-state index in [-0.39, 0.29) is 0 Å². The van der Waals surface area contributed by atoms with E-state index in [4.69, 9.17) is 5.11 Å². The molecule has 0 fully saturated rings. The quantitative estimate of drug-likeness (QED) is 0.476. The third kappa shape index (κ3) is 2.05. The van der Waals surface area contributed by atoms with Crippen LogP contribution in [0.2, 0.25) is 0 Å². The molecular formula is C6H11N3O2+2. The summed E-state index contributed by atoms with van der Waals surface area (Å²) < 4.78 is 0. The number of hydrogen-bond donors (Lipinski definition) is 3. The van der Waals surface area contributed by atoms with Crippen molar-refractivity contribution in [3.63, 3.8) is 0 Å². The molecule has 1 rings (SSSR count). The SMILES string of the molecule is [NH3+]C(Cc1c[nH+]c[nH]1)C(=O)O. The molecule has 1 atom stereocenters. The topological polar surface area (TPSA) is 94.9 Å². The summed E-state index contributed by atoms with van der Waals surface area (Å²) in [6, 6.07) is -0.581. The van der Waals surface area contributed by atoms with Gasteiger partial charge in [0.25, 0.3) is 0 Å². The third-order valence-electron chi connectivity index (χ3n) is 1.41. The number of aromatic nitrogens is 2. The molecule has 0 spiro atoms. The van der Waals surface area contributed by atoms with Crippen molar-refractivity contribution in [2.75, 3.05) is 0 Å². The van der Waals surface area contributed by atoms with Gasteiger partial charge in [-0.2, -0.15) is 0 Å². The highest BCUT2D eigenvalue weighted by atomic mass is 16.4. The van der Waals surface area contributed by atoms with Crippen molar-refractivity contribution in [1.82, 2.24) is 4.98 Å². The van der Waals surface area contributed by atoms with E-state index < -0.39 is 12.0 Å². The van der Waals surface area contributed by atoms with Crippen LogP contribution in [0, 0.1) is 0 Å². The second-order valence-corrected chi connectivity index (χ2v) is 2.36. The lowest BCUT2D eigenvalue weighted by atomic mass is 10.2. The van der Waals surface area contributed by atoms with E-state index in [0.29, 0.717) is 6.42 Å². The average molecular weight is 157 g/mol. The van der Waals surface area contributed by atoms with Crippen molar-refractivity contribution < 1.29 is 20.6 Å². The Balaban J connectivity index is 2.50. The van der Waals surface area contributed by atoms with Gasteiger partial charge in [0.15, 0.2) is 6.04 Å². The molecule has 5 nitrogen and oxygen atoms in total. The van der Waals surface area contributed by atoms with Crippen LogP contribution in [-0.4, -0.2) is 22.1 Å². The van der Waals surface area contributed by atoms with Crippen LogP contribution in [0.25, 0.3) is 0 Å². The maximum Gasteiger partial charge on any atom is 0.362 e. The summed E-state index contributed by atoms with van der Waals surface area (Å²) in [7, 11) is 0. The number of imidazole rings is 1. The first-order valence-corrected chi connectivity index (χ1v) is 3.29. The van der Waals surface area contributed by atoms with Gasteiger partial charge in [-0.3, -0.25) is 4.98 Å². The van der Waals surface area contributed by atoms with E-state index in [0.717, 1.165) is 5.69 Å². The van der Waals surface area contributed by atoms with Crippen molar-refractivity contribution in [1.29, 1.82) is 0 Å². The maximum atomic E-state index is 10.3. The lowest BCUT2D eigenvalue weighted by Gasteiger charge is -1.96. The van der Waals surface area contributed by atoms with Gasteiger partial charge in [-0.1, -0.05) is 0 Å².